The standard InChI is InChI=1S/C15H18N2O2/c1-11-8-17(14-5-3-2-4-13(11)14)10-15(19)16-7-6-12(18)9-16/h2-5,8,12,18H,6-7,9-10H2,1H3/t12-/m1/s1. The number of fused-ring (bicyclic) bond motifs is 1. The second-order valence-electron chi connectivity index (χ2n) is 5.24. The molecule has 1 fully saturated rings. The number of aromatic nitrogens is 1. The average molecular weight is 258 g/mol. The topological polar surface area (TPSA) is 45.5 Å². The number of hydrogen-bond acceptors (Lipinski definition) is 2. The van der Waals surface area contributed by atoms with E-state index < -0.39 is 0 Å². The summed E-state index contributed by atoms with van der Waals surface area (Å²) in [6, 6.07) is 8.11. The number of para-hydroxylation sites is 1. The minimum atomic E-state index is -0.355. The Morgan fingerprint density at radius 3 is 2.95 bits per heavy atom. The lowest BCUT2D eigenvalue weighted by Gasteiger charge is -2.16. The summed E-state index contributed by atoms with van der Waals surface area (Å²) in [5.41, 5.74) is 2.28. The van der Waals surface area contributed by atoms with Crippen LogP contribution in [0.3, 0.4) is 0 Å². The van der Waals surface area contributed by atoms with Gasteiger partial charge in [0.25, 0.3) is 0 Å². The van der Waals surface area contributed by atoms with Crippen molar-refractivity contribution in [2.24, 2.45) is 0 Å². The monoisotopic (exact) mass is 258 g/mol. The maximum Gasteiger partial charge on any atom is 0.242 e. The molecular weight excluding hydrogens is 240 g/mol. The Balaban J connectivity index is 1.83. The second kappa shape index (κ2) is 4.70. The number of amides is 1. The summed E-state index contributed by atoms with van der Waals surface area (Å²) in [6.07, 6.45) is 2.36. The van der Waals surface area contributed by atoms with Crippen LogP contribution in [0.5, 0.6) is 0 Å². The molecule has 1 atom stereocenters. The van der Waals surface area contributed by atoms with E-state index in [1.54, 1.807) is 4.90 Å². The van der Waals surface area contributed by atoms with Crippen molar-refractivity contribution in [3.63, 3.8) is 0 Å². The molecule has 1 N–H and O–H groups in total. The number of carbonyl (C=O) groups excluding carboxylic acids is 1. The van der Waals surface area contributed by atoms with Gasteiger partial charge in [0, 0.05) is 30.2 Å². The molecule has 2 heterocycles. The first kappa shape index (κ1) is 12.2. The molecule has 19 heavy (non-hydrogen) atoms. The van der Waals surface area contributed by atoms with Gasteiger partial charge in [-0.3, -0.25) is 4.79 Å². The number of β-amino-alcohol motifs (C(OH)–C–C–N with tert-alkyl or cyclic N) is 1. The van der Waals surface area contributed by atoms with E-state index in [1.807, 2.05) is 29.0 Å². The third-order valence-corrected chi connectivity index (χ3v) is 3.81. The van der Waals surface area contributed by atoms with Crippen LogP contribution in [0.1, 0.15) is 12.0 Å². The van der Waals surface area contributed by atoms with E-state index in [2.05, 4.69) is 13.0 Å². The Morgan fingerprint density at radius 2 is 2.21 bits per heavy atom. The smallest absolute Gasteiger partial charge is 0.242 e. The average Bonchev–Trinajstić information content (AvgIpc) is 2.96. The molecule has 3 rings (SSSR count). The van der Waals surface area contributed by atoms with Crippen molar-refractivity contribution in [1.82, 2.24) is 9.47 Å². The van der Waals surface area contributed by atoms with Crippen LogP contribution in [-0.2, 0) is 11.3 Å². The van der Waals surface area contributed by atoms with Crippen molar-refractivity contribution >= 4 is 16.8 Å². The number of hydrogen-bond donors (Lipinski definition) is 1. The van der Waals surface area contributed by atoms with Crippen molar-refractivity contribution in [2.75, 3.05) is 13.1 Å². The van der Waals surface area contributed by atoms with Crippen molar-refractivity contribution in [1.29, 1.82) is 0 Å². The lowest BCUT2D eigenvalue weighted by molar-refractivity contribution is -0.131. The van der Waals surface area contributed by atoms with Crippen LogP contribution in [0.15, 0.2) is 30.5 Å². The number of rotatable bonds is 2. The Morgan fingerprint density at radius 1 is 1.42 bits per heavy atom. The molecule has 1 aromatic carbocycles. The van der Waals surface area contributed by atoms with Gasteiger partial charge in [-0.25, -0.2) is 0 Å². The van der Waals surface area contributed by atoms with Gasteiger partial charge in [0.2, 0.25) is 5.91 Å². The summed E-state index contributed by atoms with van der Waals surface area (Å²) in [5, 5.41) is 10.7. The van der Waals surface area contributed by atoms with Crippen molar-refractivity contribution in [2.45, 2.75) is 26.0 Å². The summed E-state index contributed by atoms with van der Waals surface area (Å²) < 4.78 is 2.00. The number of benzene rings is 1. The van der Waals surface area contributed by atoms with Crippen LogP contribution >= 0.6 is 0 Å². The molecule has 100 valence electrons. The summed E-state index contributed by atoms with van der Waals surface area (Å²) in [4.78, 5) is 14.0. The van der Waals surface area contributed by atoms with Crippen molar-refractivity contribution in [3.05, 3.63) is 36.0 Å². The maximum atomic E-state index is 12.2. The van der Waals surface area contributed by atoms with Crippen LogP contribution in [0, 0.1) is 6.92 Å². The molecule has 4 nitrogen and oxygen atoms in total. The van der Waals surface area contributed by atoms with E-state index in [9.17, 15) is 9.90 Å². The molecule has 0 bridgehead atoms. The predicted molar refractivity (Wildman–Crippen MR) is 73.9 cm³/mol. The predicted octanol–water partition coefficient (Wildman–Crippen LogP) is 1.54. The lowest BCUT2D eigenvalue weighted by atomic mass is 10.2. The summed E-state index contributed by atoms with van der Waals surface area (Å²) in [5.74, 6) is 0.0808. The minimum Gasteiger partial charge on any atom is -0.391 e. The van der Waals surface area contributed by atoms with Crippen LogP contribution in [0.2, 0.25) is 0 Å². The Kier molecular flexibility index (Phi) is 3.03. The highest BCUT2D eigenvalue weighted by Crippen LogP contribution is 2.20. The van der Waals surface area contributed by atoms with Gasteiger partial charge >= 0.3 is 0 Å². The molecule has 1 aliphatic rings. The third-order valence-electron chi connectivity index (χ3n) is 3.81. The molecule has 1 aromatic heterocycles. The van der Waals surface area contributed by atoms with Gasteiger partial charge in [0.1, 0.15) is 6.54 Å². The second-order valence-corrected chi connectivity index (χ2v) is 5.24. The number of aryl methyl sites for hydroxylation is 1. The van der Waals surface area contributed by atoms with Crippen LogP contribution < -0.4 is 0 Å². The summed E-state index contributed by atoms with van der Waals surface area (Å²) in [6.45, 7) is 3.54. The van der Waals surface area contributed by atoms with Crippen LogP contribution in [0.25, 0.3) is 10.9 Å². The van der Waals surface area contributed by atoms with Crippen molar-refractivity contribution < 1.29 is 9.90 Å². The zero-order valence-electron chi connectivity index (χ0n) is 11.0. The van der Waals surface area contributed by atoms with Gasteiger partial charge < -0.3 is 14.6 Å². The van der Waals surface area contributed by atoms with Gasteiger partial charge in [-0.05, 0) is 25.0 Å². The Bertz CT molecular complexity index is 618. The zero-order chi connectivity index (χ0) is 13.4. The van der Waals surface area contributed by atoms with Crippen LogP contribution in [-0.4, -0.2) is 39.7 Å². The SMILES string of the molecule is Cc1cn(CC(=O)N2CC[C@@H](O)C2)c2ccccc12. The van der Waals surface area contributed by atoms with E-state index in [-0.39, 0.29) is 12.0 Å². The van der Waals surface area contributed by atoms with E-state index in [0.717, 1.165) is 5.52 Å². The first-order valence-corrected chi connectivity index (χ1v) is 6.65. The van der Waals surface area contributed by atoms with E-state index >= 15 is 0 Å². The largest absolute Gasteiger partial charge is 0.391 e. The maximum absolute atomic E-state index is 12.2. The van der Waals surface area contributed by atoms with E-state index in [0.29, 0.717) is 26.1 Å². The molecule has 4 heteroatoms. The number of carbonyl (C=O) groups is 1. The molecule has 0 spiro atoms. The number of aliphatic hydroxyl groups is 1. The number of aliphatic hydroxyl groups excluding tert-OH is 1. The zero-order valence-corrected chi connectivity index (χ0v) is 11.0. The molecule has 1 amide bonds. The minimum absolute atomic E-state index is 0.0808. The van der Waals surface area contributed by atoms with Crippen LogP contribution in [0.4, 0.5) is 0 Å². The summed E-state index contributed by atoms with van der Waals surface area (Å²) in [7, 11) is 0. The van der Waals surface area contributed by atoms with E-state index in [4.69, 9.17) is 0 Å². The van der Waals surface area contributed by atoms with Gasteiger partial charge in [0.05, 0.1) is 6.10 Å². The first-order valence-electron chi connectivity index (χ1n) is 6.65. The Hall–Kier alpha value is -1.81. The molecule has 0 saturated carbocycles. The fourth-order valence-corrected chi connectivity index (χ4v) is 2.78. The normalized spacial score (nSPS) is 19.3. The highest BCUT2D eigenvalue weighted by molar-refractivity contribution is 5.86. The lowest BCUT2D eigenvalue weighted by Crippen LogP contribution is -2.32. The van der Waals surface area contributed by atoms with Gasteiger partial charge in [-0.2, -0.15) is 0 Å². The molecule has 1 aliphatic heterocycles. The fourth-order valence-electron chi connectivity index (χ4n) is 2.78. The molecule has 1 saturated heterocycles. The molecular formula is C15H18N2O2. The quantitative estimate of drug-likeness (QED) is 0.888. The molecule has 2 aromatic rings. The number of nitrogens with zero attached hydrogens (tertiary/aromatic N) is 2. The van der Waals surface area contributed by atoms with Gasteiger partial charge in [-0.1, -0.05) is 18.2 Å². The highest BCUT2D eigenvalue weighted by Gasteiger charge is 2.24. The molecule has 0 unspecified atom stereocenters. The van der Waals surface area contributed by atoms with Gasteiger partial charge in [-0.15, -0.1) is 0 Å². The van der Waals surface area contributed by atoms with Gasteiger partial charge in [0.15, 0.2) is 0 Å². The fraction of sp³-hybridized carbons (Fsp3) is 0.400. The molecule has 0 radical (unpaired) electrons. The highest BCUT2D eigenvalue weighted by atomic mass is 16.3. The van der Waals surface area contributed by atoms with E-state index in [1.165, 1.54) is 10.9 Å². The molecule has 0 aliphatic carbocycles. The third kappa shape index (κ3) is 2.24. The summed E-state index contributed by atoms with van der Waals surface area (Å²) >= 11 is 0. The first-order chi connectivity index (χ1) is 9.15. The number of likely N-dealkylation sites (tertiary alicyclic amines) is 1. The van der Waals surface area contributed by atoms with Crippen molar-refractivity contribution in [3.8, 4) is 0 Å². The Labute approximate surface area is 112 Å².